The van der Waals surface area contributed by atoms with Crippen molar-refractivity contribution in [2.24, 2.45) is 11.8 Å². The molecule has 2 saturated heterocycles. The molecule has 1 aromatic carbocycles. The second kappa shape index (κ2) is 8.79. The lowest BCUT2D eigenvalue weighted by atomic mass is 9.70. The molecule has 0 unspecified atom stereocenters. The number of nitrogens with zero attached hydrogens (tertiary/aromatic N) is 1. The Hall–Kier alpha value is -3.00. The molecule has 8 nitrogen and oxygen atoms in total. The van der Waals surface area contributed by atoms with E-state index in [1.807, 2.05) is 39.8 Å². The topological polar surface area (TPSA) is 105 Å². The van der Waals surface area contributed by atoms with Gasteiger partial charge in [0, 0.05) is 22.8 Å². The zero-order valence-electron chi connectivity index (χ0n) is 22.3. The molecule has 1 saturated carbocycles. The van der Waals surface area contributed by atoms with Crippen molar-refractivity contribution in [2.45, 2.75) is 95.5 Å². The van der Waals surface area contributed by atoms with Gasteiger partial charge in [-0.05, 0) is 59.6 Å². The van der Waals surface area contributed by atoms with Crippen molar-refractivity contribution in [3.63, 3.8) is 0 Å². The number of benzene rings is 1. The quantitative estimate of drug-likeness (QED) is 0.470. The SMILES string of the molecule is CC(=O)c1cccc(N2C(=O)[C@@H]3[C@@H](C(=O)NC4CCCCC4)[C@@]4(C)C=C[C@@]3(O4)[C@@H]2C(=O)NC(C)(C)C)c1. The van der Waals surface area contributed by atoms with E-state index in [2.05, 4.69) is 10.6 Å². The van der Waals surface area contributed by atoms with Gasteiger partial charge in [-0.25, -0.2) is 0 Å². The van der Waals surface area contributed by atoms with Gasteiger partial charge in [-0.1, -0.05) is 43.5 Å². The molecule has 1 aromatic rings. The summed E-state index contributed by atoms with van der Waals surface area (Å²) in [5.74, 6) is -2.67. The largest absolute Gasteiger partial charge is 0.356 e. The van der Waals surface area contributed by atoms with Crippen LogP contribution in [0.2, 0.25) is 0 Å². The van der Waals surface area contributed by atoms with Crippen LogP contribution in [0.4, 0.5) is 5.69 Å². The fraction of sp³-hybridized carbons (Fsp3) is 0.586. The molecule has 1 spiro atoms. The molecule has 0 radical (unpaired) electrons. The smallest absolute Gasteiger partial charge is 0.246 e. The number of hydrogen-bond acceptors (Lipinski definition) is 5. The molecular formula is C29H37N3O5. The molecule has 2 N–H and O–H groups in total. The number of ketones is 1. The minimum atomic E-state index is -1.29. The van der Waals surface area contributed by atoms with Crippen molar-refractivity contribution < 1.29 is 23.9 Å². The molecule has 37 heavy (non-hydrogen) atoms. The lowest BCUT2D eigenvalue weighted by Crippen LogP contribution is -2.58. The fourth-order valence-electron chi connectivity index (χ4n) is 6.66. The first-order chi connectivity index (χ1) is 17.4. The van der Waals surface area contributed by atoms with E-state index >= 15 is 0 Å². The molecule has 1 aliphatic carbocycles. The van der Waals surface area contributed by atoms with Crippen LogP contribution in [0.5, 0.6) is 0 Å². The van der Waals surface area contributed by atoms with Crippen LogP contribution < -0.4 is 15.5 Å². The first kappa shape index (κ1) is 25.6. The highest BCUT2D eigenvalue weighted by Gasteiger charge is 2.76. The number of Topliss-reactive ketones (excluding diaryl/α,β-unsaturated/α-hetero) is 1. The highest BCUT2D eigenvalue weighted by molar-refractivity contribution is 6.11. The molecule has 8 heteroatoms. The van der Waals surface area contributed by atoms with E-state index in [9.17, 15) is 19.2 Å². The Morgan fingerprint density at radius 1 is 1.05 bits per heavy atom. The van der Waals surface area contributed by atoms with Gasteiger partial charge in [0.05, 0.1) is 17.4 Å². The molecule has 198 valence electrons. The molecule has 4 aliphatic rings. The van der Waals surface area contributed by atoms with Gasteiger partial charge in [-0.15, -0.1) is 0 Å². The third kappa shape index (κ3) is 4.19. The summed E-state index contributed by atoms with van der Waals surface area (Å²) >= 11 is 0. The summed E-state index contributed by atoms with van der Waals surface area (Å²) < 4.78 is 6.58. The number of carbonyl (C=O) groups excluding carboxylic acids is 4. The van der Waals surface area contributed by atoms with E-state index < -0.39 is 34.6 Å². The summed E-state index contributed by atoms with van der Waals surface area (Å²) in [5, 5.41) is 6.21. The van der Waals surface area contributed by atoms with Crippen molar-refractivity contribution in [3.8, 4) is 0 Å². The fourth-order valence-corrected chi connectivity index (χ4v) is 6.66. The summed E-state index contributed by atoms with van der Waals surface area (Å²) in [7, 11) is 0. The normalized spacial score (nSPS) is 32.9. The highest BCUT2D eigenvalue weighted by atomic mass is 16.5. The Morgan fingerprint density at radius 2 is 1.76 bits per heavy atom. The molecular weight excluding hydrogens is 470 g/mol. The summed E-state index contributed by atoms with van der Waals surface area (Å²) in [4.78, 5) is 55.4. The van der Waals surface area contributed by atoms with Crippen LogP contribution in [0.1, 0.15) is 77.1 Å². The highest BCUT2D eigenvalue weighted by Crippen LogP contribution is 2.60. The first-order valence-electron chi connectivity index (χ1n) is 13.3. The first-order valence-corrected chi connectivity index (χ1v) is 13.3. The van der Waals surface area contributed by atoms with E-state index in [4.69, 9.17) is 4.74 Å². The lowest BCUT2D eigenvalue weighted by molar-refractivity contribution is -0.135. The number of rotatable bonds is 5. The number of anilines is 1. The van der Waals surface area contributed by atoms with Gasteiger partial charge in [0.25, 0.3) is 0 Å². The van der Waals surface area contributed by atoms with Crippen LogP contribution in [0.3, 0.4) is 0 Å². The van der Waals surface area contributed by atoms with Gasteiger partial charge in [-0.3, -0.25) is 24.1 Å². The number of amides is 3. The summed E-state index contributed by atoms with van der Waals surface area (Å²) in [5.41, 5.74) is -1.96. The van der Waals surface area contributed by atoms with Crippen molar-refractivity contribution in [2.75, 3.05) is 4.90 Å². The van der Waals surface area contributed by atoms with E-state index in [0.29, 0.717) is 11.3 Å². The summed E-state index contributed by atoms with van der Waals surface area (Å²) in [6, 6.07) is 5.78. The van der Waals surface area contributed by atoms with Crippen LogP contribution in [0.25, 0.3) is 0 Å². The number of carbonyl (C=O) groups is 4. The molecule has 3 fully saturated rings. The zero-order valence-corrected chi connectivity index (χ0v) is 22.3. The van der Waals surface area contributed by atoms with Crippen molar-refractivity contribution in [3.05, 3.63) is 42.0 Å². The van der Waals surface area contributed by atoms with E-state index in [-0.39, 0.29) is 29.5 Å². The van der Waals surface area contributed by atoms with Gasteiger partial charge in [0.15, 0.2) is 5.78 Å². The average molecular weight is 508 g/mol. The van der Waals surface area contributed by atoms with E-state index in [1.165, 1.54) is 18.2 Å². The predicted molar refractivity (Wildman–Crippen MR) is 139 cm³/mol. The summed E-state index contributed by atoms with van der Waals surface area (Å²) in [6.07, 6.45) is 8.82. The number of hydrogen-bond donors (Lipinski definition) is 2. The third-order valence-corrected chi connectivity index (χ3v) is 8.21. The van der Waals surface area contributed by atoms with Crippen molar-refractivity contribution >= 4 is 29.2 Å². The number of nitrogens with one attached hydrogen (secondary N) is 2. The Balaban J connectivity index is 1.58. The Bertz CT molecular complexity index is 1180. The van der Waals surface area contributed by atoms with Gasteiger partial charge >= 0.3 is 0 Å². The predicted octanol–water partition coefficient (Wildman–Crippen LogP) is 3.30. The molecule has 3 aliphatic heterocycles. The Morgan fingerprint density at radius 3 is 2.41 bits per heavy atom. The molecule has 0 aromatic heterocycles. The zero-order chi connectivity index (χ0) is 26.8. The minimum Gasteiger partial charge on any atom is -0.356 e. The van der Waals surface area contributed by atoms with Crippen LogP contribution in [-0.2, 0) is 19.1 Å². The summed E-state index contributed by atoms with van der Waals surface area (Å²) in [6.45, 7) is 8.92. The Kier molecular flexibility index (Phi) is 6.09. The Labute approximate surface area is 218 Å². The second-order valence-corrected chi connectivity index (χ2v) is 12.2. The van der Waals surface area contributed by atoms with Gasteiger partial charge in [0.2, 0.25) is 17.7 Å². The number of ether oxygens (including phenoxy) is 1. The molecule has 3 heterocycles. The van der Waals surface area contributed by atoms with Crippen LogP contribution in [-0.4, -0.2) is 52.3 Å². The maximum absolute atomic E-state index is 14.3. The van der Waals surface area contributed by atoms with Crippen molar-refractivity contribution in [1.29, 1.82) is 0 Å². The standard InChI is InChI=1S/C29H37N3O5/c1-17(33)18-10-9-13-20(16-18)32-23(25(35)31-27(2,3)4)29-15-14-28(5,37-29)21(22(29)26(32)36)24(34)30-19-11-7-6-8-12-19/h9-10,13-16,19,21-23H,6-8,11-12H2,1-5H3,(H,30,34)(H,31,35)/t21-,22-,23-,28+,29-/m0/s1. The van der Waals surface area contributed by atoms with Crippen LogP contribution in [0.15, 0.2) is 36.4 Å². The van der Waals surface area contributed by atoms with Crippen LogP contribution in [0, 0.1) is 11.8 Å². The molecule has 5 rings (SSSR count). The third-order valence-electron chi connectivity index (χ3n) is 8.21. The monoisotopic (exact) mass is 507 g/mol. The molecule has 3 amide bonds. The van der Waals surface area contributed by atoms with Gasteiger partial charge in [0.1, 0.15) is 11.6 Å². The minimum absolute atomic E-state index is 0.0868. The van der Waals surface area contributed by atoms with Gasteiger partial charge in [-0.2, -0.15) is 0 Å². The van der Waals surface area contributed by atoms with Gasteiger partial charge < -0.3 is 15.4 Å². The lowest BCUT2D eigenvalue weighted by Gasteiger charge is -2.35. The van der Waals surface area contributed by atoms with Crippen LogP contribution >= 0.6 is 0 Å². The molecule has 5 atom stereocenters. The van der Waals surface area contributed by atoms with Crippen molar-refractivity contribution in [1.82, 2.24) is 10.6 Å². The maximum Gasteiger partial charge on any atom is 0.246 e. The average Bonchev–Trinajstić information content (AvgIpc) is 3.39. The maximum atomic E-state index is 14.3. The second-order valence-electron chi connectivity index (χ2n) is 12.2. The van der Waals surface area contributed by atoms with E-state index in [0.717, 1.165) is 25.7 Å². The number of fused-ring (bicyclic) bond motifs is 1. The molecule has 2 bridgehead atoms. The van der Waals surface area contributed by atoms with E-state index in [1.54, 1.807) is 24.3 Å².